The number of hydrogen-bond acceptors (Lipinski definition) is 3. The molecule has 1 heterocycles. The lowest BCUT2D eigenvalue weighted by Gasteiger charge is -2.32. The van der Waals surface area contributed by atoms with E-state index in [4.69, 9.17) is 9.47 Å². The Morgan fingerprint density at radius 1 is 1.22 bits per heavy atom. The molecule has 1 N–H and O–H groups in total. The van der Waals surface area contributed by atoms with Crippen LogP contribution < -0.4 is 14.8 Å². The standard InChI is InChI=1S/C18H29N3O2/c1-15-9-12-21(13-10-15)18(19-2)20-11-4-14-23-17-7-5-16(22-3)6-8-17/h5-8,15H,4,9-14H2,1-3H3,(H,19,20). The molecule has 5 nitrogen and oxygen atoms in total. The molecule has 0 unspecified atom stereocenters. The molecule has 0 atom stereocenters. The van der Waals surface area contributed by atoms with Crippen LogP contribution in [0.4, 0.5) is 0 Å². The van der Waals surface area contributed by atoms with Crippen molar-refractivity contribution in [2.45, 2.75) is 26.2 Å². The number of aliphatic imine (C=N–C) groups is 1. The summed E-state index contributed by atoms with van der Waals surface area (Å²) in [6.07, 6.45) is 3.44. The van der Waals surface area contributed by atoms with Crippen LogP contribution in [0, 0.1) is 5.92 Å². The Morgan fingerprint density at radius 2 is 1.87 bits per heavy atom. The molecule has 0 bridgehead atoms. The van der Waals surface area contributed by atoms with Gasteiger partial charge in [0.05, 0.1) is 13.7 Å². The molecular formula is C18H29N3O2. The van der Waals surface area contributed by atoms with Gasteiger partial charge in [-0.1, -0.05) is 6.92 Å². The molecule has 1 aromatic carbocycles. The van der Waals surface area contributed by atoms with Gasteiger partial charge in [0.1, 0.15) is 11.5 Å². The molecule has 1 aliphatic rings. The number of hydrogen-bond donors (Lipinski definition) is 1. The van der Waals surface area contributed by atoms with Gasteiger partial charge in [-0.3, -0.25) is 4.99 Å². The van der Waals surface area contributed by atoms with Crippen LogP contribution in [-0.2, 0) is 0 Å². The van der Waals surface area contributed by atoms with Crippen LogP contribution in [-0.4, -0.2) is 51.3 Å². The van der Waals surface area contributed by atoms with E-state index in [0.717, 1.165) is 49.4 Å². The molecule has 0 saturated carbocycles. The molecule has 5 heteroatoms. The van der Waals surface area contributed by atoms with Crippen LogP contribution in [0.15, 0.2) is 29.3 Å². The van der Waals surface area contributed by atoms with Crippen LogP contribution in [0.1, 0.15) is 26.2 Å². The van der Waals surface area contributed by atoms with Gasteiger partial charge < -0.3 is 19.7 Å². The monoisotopic (exact) mass is 319 g/mol. The molecule has 1 fully saturated rings. The number of methoxy groups -OCH3 is 1. The summed E-state index contributed by atoms with van der Waals surface area (Å²) < 4.78 is 10.9. The van der Waals surface area contributed by atoms with Crippen molar-refractivity contribution >= 4 is 5.96 Å². The fourth-order valence-electron chi connectivity index (χ4n) is 2.69. The van der Waals surface area contributed by atoms with Crippen LogP contribution >= 0.6 is 0 Å². The Labute approximate surface area is 139 Å². The summed E-state index contributed by atoms with van der Waals surface area (Å²) in [6.45, 7) is 6.08. The molecule has 2 rings (SSSR count). The lowest BCUT2D eigenvalue weighted by molar-refractivity contribution is 0.271. The van der Waals surface area contributed by atoms with Crippen molar-refractivity contribution < 1.29 is 9.47 Å². The van der Waals surface area contributed by atoms with E-state index in [1.807, 2.05) is 31.3 Å². The Kier molecular flexibility index (Phi) is 7.04. The number of rotatable bonds is 6. The summed E-state index contributed by atoms with van der Waals surface area (Å²) in [4.78, 5) is 6.74. The van der Waals surface area contributed by atoms with Crippen LogP contribution in [0.25, 0.3) is 0 Å². The zero-order valence-electron chi connectivity index (χ0n) is 14.5. The van der Waals surface area contributed by atoms with Gasteiger partial charge in [0, 0.05) is 26.7 Å². The molecule has 0 spiro atoms. The molecule has 1 aliphatic heterocycles. The van der Waals surface area contributed by atoms with Crippen molar-refractivity contribution in [3.63, 3.8) is 0 Å². The molecule has 1 aromatic rings. The molecule has 0 radical (unpaired) electrons. The molecule has 0 amide bonds. The maximum Gasteiger partial charge on any atom is 0.193 e. The number of benzene rings is 1. The van der Waals surface area contributed by atoms with E-state index < -0.39 is 0 Å². The number of piperidine rings is 1. The van der Waals surface area contributed by atoms with Gasteiger partial charge in [-0.2, -0.15) is 0 Å². The predicted octanol–water partition coefficient (Wildman–Crippen LogP) is 2.77. The first-order valence-electron chi connectivity index (χ1n) is 8.45. The first kappa shape index (κ1) is 17.4. The van der Waals surface area contributed by atoms with Gasteiger partial charge >= 0.3 is 0 Å². The summed E-state index contributed by atoms with van der Waals surface area (Å²) in [5.41, 5.74) is 0. The SMILES string of the molecule is CN=C(NCCCOc1ccc(OC)cc1)N1CCC(C)CC1. The quantitative estimate of drug-likeness (QED) is 0.497. The van der Waals surface area contributed by atoms with Crippen LogP contribution in [0.5, 0.6) is 11.5 Å². The minimum atomic E-state index is 0.688. The predicted molar refractivity (Wildman–Crippen MR) is 94.4 cm³/mol. The average Bonchev–Trinajstić information content (AvgIpc) is 2.60. The van der Waals surface area contributed by atoms with E-state index >= 15 is 0 Å². The largest absolute Gasteiger partial charge is 0.497 e. The van der Waals surface area contributed by atoms with Gasteiger partial charge in [0.2, 0.25) is 0 Å². The first-order valence-corrected chi connectivity index (χ1v) is 8.45. The summed E-state index contributed by atoms with van der Waals surface area (Å²) >= 11 is 0. The Bertz CT molecular complexity index is 480. The Morgan fingerprint density at radius 3 is 2.48 bits per heavy atom. The second kappa shape index (κ2) is 9.28. The average molecular weight is 319 g/mol. The third-order valence-electron chi connectivity index (χ3n) is 4.23. The second-order valence-corrected chi connectivity index (χ2v) is 6.02. The molecular weight excluding hydrogens is 290 g/mol. The van der Waals surface area contributed by atoms with E-state index in [9.17, 15) is 0 Å². The minimum Gasteiger partial charge on any atom is -0.497 e. The summed E-state index contributed by atoms with van der Waals surface area (Å²) in [6, 6.07) is 7.68. The van der Waals surface area contributed by atoms with Gasteiger partial charge in [-0.05, 0) is 49.4 Å². The van der Waals surface area contributed by atoms with Crippen molar-refractivity contribution in [2.24, 2.45) is 10.9 Å². The van der Waals surface area contributed by atoms with Gasteiger partial charge in [0.15, 0.2) is 5.96 Å². The van der Waals surface area contributed by atoms with E-state index in [1.54, 1.807) is 7.11 Å². The summed E-state index contributed by atoms with van der Waals surface area (Å²) in [7, 11) is 3.52. The number of guanidine groups is 1. The maximum absolute atomic E-state index is 5.73. The van der Waals surface area contributed by atoms with Crippen LogP contribution in [0.3, 0.4) is 0 Å². The van der Waals surface area contributed by atoms with E-state index in [1.165, 1.54) is 12.8 Å². The van der Waals surface area contributed by atoms with Crippen LogP contribution in [0.2, 0.25) is 0 Å². The van der Waals surface area contributed by atoms with Crippen molar-refractivity contribution in [3.05, 3.63) is 24.3 Å². The highest BCUT2D eigenvalue weighted by atomic mass is 16.5. The Hall–Kier alpha value is -1.91. The lowest BCUT2D eigenvalue weighted by Crippen LogP contribution is -2.45. The highest BCUT2D eigenvalue weighted by molar-refractivity contribution is 5.79. The maximum atomic E-state index is 5.73. The smallest absolute Gasteiger partial charge is 0.193 e. The van der Waals surface area contributed by atoms with Gasteiger partial charge in [-0.15, -0.1) is 0 Å². The summed E-state index contributed by atoms with van der Waals surface area (Å²) in [5.74, 6) is 3.57. The second-order valence-electron chi connectivity index (χ2n) is 6.02. The zero-order chi connectivity index (χ0) is 16.5. The van der Waals surface area contributed by atoms with E-state index in [-0.39, 0.29) is 0 Å². The van der Waals surface area contributed by atoms with E-state index in [0.29, 0.717) is 6.61 Å². The van der Waals surface area contributed by atoms with Crippen molar-refractivity contribution in [1.29, 1.82) is 0 Å². The Balaban J connectivity index is 1.63. The fraction of sp³-hybridized carbons (Fsp3) is 0.611. The topological polar surface area (TPSA) is 46.1 Å². The number of likely N-dealkylation sites (tertiary alicyclic amines) is 1. The first-order chi connectivity index (χ1) is 11.2. The van der Waals surface area contributed by atoms with Crippen molar-refractivity contribution in [2.75, 3.05) is 40.4 Å². The molecule has 0 aromatic heterocycles. The molecule has 128 valence electrons. The normalized spacial score (nSPS) is 16.3. The lowest BCUT2D eigenvalue weighted by atomic mass is 10.00. The zero-order valence-corrected chi connectivity index (χ0v) is 14.5. The highest BCUT2D eigenvalue weighted by Crippen LogP contribution is 2.17. The fourth-order valence-corrected chi connectivity index (χ4v) is 2.69. The molecule has 1 saturated heterocycles. The van der Waals surface area contributed by atoms with Gasteiger partial charge in [-0.25, -0.2) is 0 Å². The molecule has 0 aliphatic carbocycles. The third-order valence-corrected chi connectivity index (χ3v) is 4.23. The number of nitrogens with zero attached hydrogens (tertiary/aromatic N) is 2. The number of ether oxygens (including phenoxy) is 2. The van der Waals surface area contributed by atoms with Crippen molar-refractivity contribution in [3.8, 4) is 11.5 Å². The third kappa shape index (κ3) is 5.66. The highest BCUT2D eigenvalue weighted by Gasteiger charge is 2.18. The summed E-state index contributed by atoms with van der Waals surface area (Å²) in [5, 5.41) is 3.43. The van der Waals surface area contributed by atoms with Crippen molar-refractivity contribution in [1.82, 2.24) is 10.2 Å². The van der Waals surface area contributed by atoms with Gasteiger partial charge in [0.25, 0.3) is 0 Å². The minimum absolute atomic E-state index is 0.688. The van der Waals surface area contributed by atoms with E-state index in [2.05, 4.69) is 22.1 Å². The number of nitrogens with one attached hydrogen (secondary N) is 1. The molecule has 23 heavy (non-hydrogen) atoms.